The van der Waals surface area contributed by atoms with Crippen molar-refractivity contribution >= 4 is 5.96 Å². The first-order valence-corrected chi connectivity index (χ1v) is 8.71. The summed E-state index contributed by atoms with van der Waals surface area (Å²) < 4.78 is 50.8. The molecule has 150 valence electrons. The molecule has 1 atom stereocenters. The maximum atomic E-state index is 13.4. The van der Waals surface area contributed by atoms with Gasteiger partial charge in [0.1, 0.15) is 18.4 Å². The van der Waals surface area contributed by atoms with Crippen molar-refractivity contribution in [3.63, 3.8) is 0 Å². The lowest BCUT2D eigenvalue weighted by Gasteiger charge is -2.21. The molecule has 1 aromatic carbocycles. The number of aromatic nitrogens is 2. The molecule has 10 heteroatoms. The van der Waals surface area contributed by atoms with Crippen LogP contribution < -0.4 is 10.5 Å². The van der Waals surface area contributed by atoms with Gasteiger partial charge < -0.3 is 19.9 Å². The first-order chi connectivity index (χ1) is 13.3. The van der Waals surface area contributed by atoms with Crippen LogP contribution >= 0.6 is 0 Å². The van der Waals surface area contributed by atoms with Gasteiger partial charge in [-0.2, -0.15) is 18.2 Å². The number of allylic oxidation sites excluding steroid dienone is 1. The van der Waals surface area contributed by atoms with Crippen molar-refractivity contribution in [3.8, 4) is 17.1 Å². The summed E-state index contributed by atoms with van der Waals surface area (Å²) in [7, 11) is 0. The third-order valence-electron chi connectivity index (χ3n) is 4.40. The van der Waals surface area contributed by atoms with E-state index in [9.17, 15) is 13.2 Å². The second kappa shape index (κ2) is 7.91. The van der Waals surface area contributed by atoms with Gasteiger partial charge in [0.2, 0.25) is 11.7 Å². The Kier molecular flexibility index (Phi) is 5.57. The Labute approximate surface area is 159 Å². The second-order valence-corrected chi connectivity index (χ2v) is 6.28. The smallest absolute Gasteiger partial charge is 0.419 e. The molecular formula is C18H20F3N5O2. The Morgan fingerprint density at radius 3 is 2.93 bits per heavy atom. The normalized spacial score (nSPS) is 17.4. The summed E-state index contributed by atoms with van der Waals surface area (Å²) in [6.07, 6.45) is 0.188. The number of ether oxygens (including phenoxy) is 1. The maximum Gasteiger partial charge on any atom is 0.419 e. The van der Waals surface area contributed by atoms with Crippen LogP contribution in [-0.2, 0) is 6.18 Å². The van der Waals surface area contributed by atoms with E-state index in [1.165, 1.54) is 12.1 Å². The van der Waals surface area contributed by atoms with E-state index in [0.29, 0.717) is 13.0 Å². The Morgan fingerprint density at radius 1 is 1.46 bits per heavy atom. The van der Waals surface area contributed by atoms with Crippen molar-refractivity contribution in [1.29, 1.82) is 5.41 Å². The second-order valence-electron chi connectivity index (χ2n) is 6.28. The van der Waals surface area contributed by atoms with Gasteiger partial charge in [-0.25, -0.2) is 0 Å². The molecule has 0 aliphatic carbocycles. The van der Waals surface area contributed by atoms with Crippen molar-refractivity contribution in [2.45, 2.75) is 32.0 Å². The predicted molar refractivity (Wildman–Crippen MR) is 95.6 cm³/mol. The molecule has 1 aliphatic heterocycles. The number of benzene rings is 1. The molecule has 2 heterocycles. The summed E-state index contributed by atoms with van der Waals surface area (Å²) in [6.45, 7) is 2.38. The number of hydrogen-bond acceptors (Lipinski definition) is 5. The summed E-state index contributed by atoms with van der Waals surface area (Å²) in [5, 5.41) is 11.4. The summed E-state index contributed by atoms with van der Waals surface area (Å²) in [4.78, 5) is 5.85. The Balaban J connectivity index is 1.90. The fourth-order valence-electron chi connectivity index (χ4n) is 3.05. The zero-order valence-corrected chi connectivity index (χ0v) is 15.2. The first kappa shape index (κ1) is 19.7. The predicted octanol–water partition coefficient (Wildman–Crippen LogP) is 3.74. The summed E-state index contributed by atoms with van der Waals surface area (Å²) in [5.74, 6) is -0.110. The molecule has 0 bridgehead atoms. The van der Waals surface area contributed by atoms with Crippen molar-refractivity contribution in [2.24, 2.45) is 5.73 Å². The van der Waals surface area contributed by atoms with Crippen LogP contribution in [0.3, 0.4) is 0 Å². The molecule has 1 aliphatic rings. The minimum atomic E-state index is -4.59. The van der Waals surface area contributed by atoms with Crippen LogP contribution in [0.25, 0.3) is 11.4 Å². The largest absolute Gasteiger partial charge is 0.489 e. The van der Waals surface area contributed by atoms with Crippen LogP contribution in [0, 0.1) is 5.41 Å². The van der Waals surface area contributed by atoms with Crippen molar-refractivity contribution in [1.82, 2.24) is 15.0 Å². The van der Waals surface area contributed by atoms with Gasteiger partial charge in [0, 0.05) is 12.1 Å². The zero-order valence-electron chi connectivity index (χ0n) is 15.2. The van der Waals surface area contributed by atoms with E-state index in [-0.39, 0.29) is 41.6 Å². The molecule has 28 heavy (non-hydrogen) atoms. The minimum Gasteiger partial charge on any atom is -0.489 e. The number of hydrogen-bond donors (Lipinski definition) is 2. The Morgan fingerprint density at radius 2 is 2.25 bits per heavy atom. The van der Waals surface area contributed by atoms with Crippen molar-refractivity contribution in [3.05, 3.63) is 41.8 Å². The van der Waals surface area contributed by atoms with Gasteiger partial charge in [0.15, 0.2) is 5.96 Å². The van der Waals surface area contributed by atoms with Crippen molar-refractivity contribution in [2.75, 3.05) is 13.2 Å². The molecule has 3 N–H and O–H groups in total. The van der Waals surface area contributed by atoms with Crippen LogP contribution in [0.5, 0.6) is 5.75 Å². The monoisotopic (exact) mass is 395 g/mol. The zero-order chi connectivity index (χ0) is 20.3. The SMILES string of the molecule is C/C=C/COc1ccc(-c2noc([C@@H]3CCCN3C(=N)N)n2)cc1C(F)(F)F. The van der Waals surface area contributed by atoms with Crippen LogP contribution in [-0.4, -0.2) is 34.2 Å². The number of nitrogens with two attached hydrogens (primary N) is 1. The lowest BCUT2D eigenvalue weighted by Crippen LogP contribution is -2.35. The standard InChI is InChI=1S/C18H20F3N5O2/c1-2-3-9-27-14-7-6-11(10-12(14)18(19,20)21)15-24-16(28-25-15)13-5-4-8-26(13)17(22)23/h2-3,6-7,10,13H,4-5,8-9H2,1H3,(H3,22,23)/b3-2+/t13-/m0/s1. The van der Waals surface area contributed by atoms with E-state index in [1.807, 2.05) is 0 Å². The number of nitrogens with zero attached hydrogens (tertiary/aromatic N) is 3. The summed E-state index contributed by atoms with van der Waals surface area (Å²) in [6, 6.07) is 3.29. The van der Waals surface area contributed by atoms with Gasteiger partial charge in [-0.3, -0.25) is 5.41 Å². The molecule has 3 rings (SSSR count). The maximum absolute atomic E-state index is 13.4. The third kappa shape index (κ3) is 4.10. The number of rotatable bonds is 5. The fraction of sp³-hybridized carbons (Fsp3) is 0.389. The average Bonchev–Trinajstić information content (AvgIpc) is 3.30. The number of halogens is 3. The van der Waals surface area contributed by atoms with Crippen LogP contribution in [0.15, 0.2) is 34.9 Å². The average molecular weight is 395 g/mol. The summed E-state index contributed by atoms with van der Waals surface area (Å²) in [5.41, 5.74) is 4.80. The van der Waals surface area contributed by atoms with Gasteiger partial charge in [0.25, 0.3) is 0 Å². The highest BCUT2D eigenvalue weighted by atomic mass is 19.4. The Hall–Kier alpha value is -3.04. The van der Waals surface area contributed by atoms with Crippen LogP contribution in [0.4, 0.5) is 13.2 Å². The van der Waals surface area contributed by atoms with Gasteiger partial charge in [-0.1, -0.05) is 17.3 Å². The third-order valence-corrected chi connectivity index (χ3v) is 4.40. The Bertz CT molecular complexity index is 878. The first-order valence-electron chi connectivity index (χ1n) is 8.71. The molecule has 1 fully saturated rings. The van der Waals surface area contributed by atoms with E-state index in [2.05, 4.69) is 10.1 Å². The lowest BCUT2D eigenvalue weighted by molar-refractivity contribution is -0.138. The summed E-state index contributed by atoms with van der Waals surface area (Å²) >= 11 is 0. The van der Waals surface area contributed by atoms with E-state index in [1.54, 1.807) is 24.0 Å². The number of nitrogens with one attached hydrogen (secondary N) is 1. The lowest BCUT2D eigenvalue weighted by atomic mass is 10.1. The number of likely N-dealkylation sites (tertiary alicyclic amines) is 1. The highest BCUT2D eigenvalue weighted by Crippen LogP contribution is 2.39. The van der Waals surface area contributed by atoms with E-state index >= 15 is 0 Å². The molecule has 2 aromatic rings. The molecule has 0 unspecified atom stereocenters. The molecule has 1 aromatic heterocycles. The number of alkyl halides is 3. The topological polar surface area (TPSA) is 101 Å². The van der Waals surface area contributed by atoms with Gasteiger partial charge >= 0.3 is 6.18 Å². The highest BCUT2D eigenvalue weighted by molar-refractivity contribution is 5.75. The molecule has 1 saturated heterocycles. The van der Waals surface area contributed by atoms with Gasteiger partial charge in [0.05, 0.1) is 5.56 Å². The fourth-order valence-corrected chi connectivity index (χ4v) is 3.05. The van der Waals surface area contributed by atoms with E-state index < -0.39 is 11.7 Å². The quantitative estimate of drug-likeness (QED) is 0.454. The molecule has 0 spiro atoms. The molecule has 0 saturated carbocycles. The minimum absolute atomic E-state index is 0.0356. The molecule has 0 radical (unpaired) electrons. The van der Waals surface area contributed by atoms with Crippen LogP contribution in [0.1, 0.15) is 37.3 Å². The van der Waals surface area contributed by atoms with E-state index in [0.717, 1.165) is 12.5 Å². The molecule has 0 amide bonds. The van der Waals surface area contributed by atoms with E-state index in [4.69, 9.17) is 20.4 Å². The highest BCUT2D eigenvalue weighted by Gasteiger charge is 2.36. The van der Waals surface area contributed by atoms with Gasteiger partial charge in [-0.05, 0) is 38.0 Å². The van der Waals surface area contributed by atoms with Crippen molar-refractivity contribution < 1.29 is 22.4 Å². The number of guanidine groups is 1. The van der Waals surface area contributed by atoms with Crippen LogP contribution in [0.2, 0.25) is 0 Å². The molecule has 7 nitrogen and oxygen atoms in total. The molecular weight excluding hydrogens is 375 g/mol. The van der Waals surface area contributed by atoms with Gasteiger partial charge in [-0.15, -0.1) is 0 Å².